The van der Waals surface area contributed by atoms with E-state index in [1.54, 1.807) is 13.0 Å². The normalized spacial score (nSPS) is 15.0. The molecule has 1 aliphatic heterocycles. The molecule has 0 spiro atoms. The van der Waals surface area contributed by atoms with Gasteiger partial charge in [-0.1, -0.05) is 46.3 Å². The van der Waals surface area contributed by atoms with Crippen molar-refractivity contribution in [1.82, 2.24) is 10.2 Å². The number of hydrogen-bond donors (Lipinski definition) is 1. The summed E-state index contributed by atoms with van der Waals surface area (Å²) in [5.41, 5.74) is 3.17. The fourth-order valence-electron chi connectivity index (χ4n) is 3.23. The molecule has 0 aromatic heterocycles. The van der Waals surface area contributed by atoms with E-state index in [2.05, 4.69) is 43.1 Å². The molecule has 0 bridgehead atoms. The van der Waals surface area contributed by atoms with Gasteiger partial charge in [0.2, 0.25) is 0 Å². The summed E-state index contributed by atoms with van der Waals surface area (Å²) in [5, 5.41) is 9.94. The lowest BCUT2D eigenvalue weighted by atomic mass is 10.1. The van der Waals surface area contributed by atoms with Gasteiger partial charge < -0.3 is 14.8 Å². The molecule has 0 atom stereocenters. The van der Waals surface area contributed by atoms with Crippen molar-refractivity contribution in [3.63, 3.8) is 0 Å². The first-order chi connectivity index (χ1) is 15.6. The number of amides is 1. The lowest BCUT2D eigenvalue weighted by Gasteiger charge is -2.27. The number of halogens is 1. The summed E-state index contributed by atoms with van der Waals surface area (Å²) in [6.07, 6.45) is 3.12. The number of nitrogens with one attached hydrogen (secondary N) is 1. The lowest BCUT2D eigenvalue weighted by Crippen LogP contribution is -2.35. The molecule has 0 saturated carbocycles. The van der Waals surface area contributed by atoms with Gasteiger partial charge in [-0.2, -0.15) is 10.2 Å². The van der Waals surface area contributed by atoms with Crippen LogP contribution in [0, 0.1) is 0 Å². The van der Waals surface area contributed by atoms with Crippen molar-refractivity contribution in [3.05, 3.63) is 75.4 Å². The molecule has 1 fully saturated rings. The smallest absolute Gasteiger partial charge is 0.259 e. The fourth-order valence-corrected chi connectivity index (χ4v) is 3.70. The van der Waals surface area contributed by atoms with Crippen molar-refractivity contribution in [2.45, 2.75) is 20.1 Å². The highest BCUT2D eigenvalue weighted by molar-refractivity contribution is 9.10. The van der Waals surface area contributed by atoms with E-state index >= 15 is 0 Å². The van der Waals surface area contributed by atoms with E-state index in [1.165, 1.54) is 6.21 Å². The van der Waals surface area contributed by atoms with Crippen molar-refractivity contribution in [2.24, 2.45) is 10.2 Å². The Morgan fingerprint density at radius 1 is 1.28 bits per heavy atom. The van der Waals surface area contributed by atoms with Crippen LogP contribution in [0.2, 0.25) is 0 Å². The van der Waals surface area contributed by atoms with Crippen LogP contribution in [-0.2, 0) is 17.9 Å². The molecule has 3 rings (SSSR count). The van der Waals surface area contributed by atoms with Gasteiger partial charge in [-0.3, -0.25) is 9.69 Å². The Balaban J connectivity index is 1.84. The predicted molar refractivity (Wildman–Crippen MR) is 130 cm³/mol. The molecule has 1 aliphatic rings. The number of hydrogen-bond acceptors (Lipinski definition) is 6. The minimum absolute atomic E-state index is 0.264. The Labute approximate surface area is 196 Å². The first-order valence-corrected chi connectivity index (χ1v) is 11.1. The average molecular weight is 499 g/mol. The zero-order chi connectivity index (χ0) is 22.8. The molecule has 32 heavy (non-hydrogen) atoms. The Hall–Kier alpha value is -2.81. The van der Waals surface area contributed by atoms with E-state index < -0.39 is 0 Å². The molecule has 7 nitrogen and oxygen atoms in total. The molecule has 168 valence electrons. The number of carbonyl (C=O) groups excluding carboxylic acids is 1. The van der Waals surface area contributed by atoms with E-state index in [9.17, 15) is 4.79 Å². The first kappa shape index (κ1) is 23.8. The van der Waals surface area contributed by atoms with Gasteiger partial charge >= 0.3 is 0 Å². The second kappa shape index (κ2) is 12.3. The summed E-state index contributed by atoms with van der Waals surface area (Å²) >= 11 is 3.64. The minimum Gasteiger partial charge on any atom is -0.488 e. The van der Waals surface area contributed by atoms with Crippen LogP contribution in [0.1, 0.15) is 28.4 Å². The molecular weight excluding hydrogens is 472 g/mol. The van der Waals surface area contributed by atoms with Crippen LogP contribution in [0.25, 0.3) is 0 Å². The largest absolute Gasteiger partial charge is 0.488 e. The van der Waals surface area contributed by atoms with E-state index in [-0.39, 0.29) is 5.91 Å². The number of rotatable bonds is 9. The van der Waals surface area contributed by atoms with Gasteiger partial charge in [-0.05, 0) is 36.3 Å². The number of benzene rings is 2. The van der Waals surface area contributed by atoms with Crippen LogP contribution >= 0.6 is 15.9 Å². The number of ether oxygens (including phenoxy) is 2. The van der Waals surface area contributed by atoms with Gasteiger partial charge in [-0.15, -0.1) is 0 Å². The van der Waals surface area contributed by atoms with Gasteiger partial charge in [0.1, 0.15) is 12.4 Å². The molecule has 0 aliphatic carbocycles. The summed E-state index contributed by atoms with van der Waals surface area (Å²) < 4.78 is 12.4. The first-order valence-electron chi connectivity index (χ1n) is 10.3. The maximum atomic E-state index is 13.0. The van der Waals surface area contributed by atoms with Gasteiger partial charge in [0.05, 0.1) is 25.0 Å². The van der Waals surface area contributed by atoms with Crippen LogP contribution in [0.5, 0.6) is 5.75 Å². The van der Waals surface area contributed by atoms with E-state index in [1.807, 2.05) is 42.5 Å². The standard InChI is InChI=1S/C24H27BrN4O3/c1-18(8-9-27-26-2)28-24(30)21-15-22(25)20(16-29-10-12-31-13-11-29)14-23(21)32-17-19-6-4-3-5-7-19/h3-9,14-15H,2,10-13,16-17H2,1H3,(H,28,30). The highest BCUT2D eigenvalue weighted by atomic mass is 79.9. The maximum Gasteiger partial charge on any atom is 0.259 e. The van der Waals surface area contributed by atoms with E-state index in [4.69, 9.17) is 9.47 Å². The Morgan fingerprint density at radius 3 is 2.75 bits per heavy atom. The van der Waals surface area contributed by atoms with Crippen molar-refractivity contribution < 1.29 is 14.3 Å². The molecule has 2 aromatic rings. The molecule has 2 aromatic carbocycles. The highest BCUT2D eigenvalue weighted by Gasteiger charge is 2.19. The molecule has 8 heteroatoms. The average Bonchev–Trinajstić information content (AvgIpc) is 2.80. The van der Waals surface area contributed by atoms with Crippen molar-refractivity contribution in [2.75, 3.05) is 26.3 Å². The van der Waals surface area contributed by atoms with Gasteiger partial charge in [0.15, 0.2) is 0 Å². The minimum atomic E-state index is -0.264. The van der Waals surface area contributed by atoms with Crippen LogP contribution in [-0.4, -0.2) is 50.0 Å². The number of morpholine rings is 1. The van der Waals surface area contributed by atoms with Crippen LogP contribution in [0.4, 0.5) is 0 Å². The Kier molecular flexibility index (Phi) is 9.15. The lowest BCUT2D eigenvalue weighted by molar-refractivity contribution is 0.0340. The van der Waals surface area contributed by atoms with Crippen molar-refractivity contribution in [3.8, 4) is 5.75 Å². The molecule has 1 amide bonds. The SMILES string of the molecule is C=NN=CC=C(C)NC(=O)c1cc(Br)c(CN2CCOCC2)cc1OCc1ccccc1. The molecule has 1 heterocycles. The highest BCUT2D eigenvalue weighted by Crippen LogP contribution is 2.30. The predicted octanol–water partition coefficient (Wildman–Crippen LogP) is 4.18. The third-order valence-electron chi connectivity index (χ3n) is 4.91. The summed E-state index contributed by atoms with van der Waals surface area (Å²) in [4.78, 5) is 15.3. The van der Waals surface area contributed by atoms with Crippen LogP contribution in [0.3, 0.4) is 0 Å². The maximum absolute atomic E-state index is 13.0. The number of nitrogens with zero attached hydrogens (tertiary/aromatic N) is 3. The summed E-state index contributed by atoms with van der Waals surface area (Å²) in [5.74, 6) is 0.271. The van der Waals surface area contributed by atoms with E-state index in [0.717, 1.165) is 48.4 Å². The quantitative estimate of drug-likeness (QED) is 0.415. The molecule has 1 saturated heterocycles. The summed E-state index contributed by atoms with van der Waals surface area (Å²) in [6, 6.07) is 13.6. The summed E-state index contributed by atoms with van der Waals surface area (Å²) in [7, 11) is 0. The molecule has 0 radical (unpaired) electrons. The topological polar surface area (TPSA) is 75.5 Å². The monoisotopic (exact) mass is 498 g/mol. The van der Waals surface area contributed by atoms with Gasteiger partial charge in [0, 0.05) is 36.5 Å². The second-order valence-electron chi connectivity index (χ2n) is 7.31. The summed E-state index contributed by atoms with van der Waals surface area (Å²) in [6.45, 7) is 9.38. The van der Waals surface area contributed by atoms with Crippen molar-refractivity contribution in [1.29, 1.82) is 0 Å². The zero-order valence-electron chi connectivity index (χ0n) is 18.1. The molecule has 0 unspecified atom stereocenters. The number of allylic oxidation sites excluding steroid dienone is 2. The third-order valence-corrected chi connectivity index (χ3v) is 5.65. The van der Waals surface area contributed by atoms with Crippen LogP contribution < -0.4 is 10.1 Å². The Bertz CT molecular complexity index is 986. The van der Waals surface area contributed by atoms with Crippen molar-refractivity contribution >= 4 is 34.8 Å². The second-order valence-corrected chi connectivity index (χ2v) is 8.17. The Morgan fingerprint density at radius 2 is 2.03 bits per heavy atom. The van der Waals surface area contributed by atoms with Crippen LogP contribution in [0.15, 0.2) is 68.9 Å². The molecule has 1 N–H and O–H groups in total. The van der Waals surface area contributed by atoms with Gasteiger partial charge in [-0.25, -0.2) is 0 Å². The zero-order valence-corrected chi connectivity index (χ0v) is 19.7. The molecular formula is C24H27BrN4O3. The third kappa shape index (κ3) is 7.12. The number of carbonyl (C=O) groups is 1. The fraction of sp³-hybridized carbons (Fsp3) is 0.292. The van der Waals surface area contributed by atoms with E-state index in [0.29, 0.717) is 23.6 Å². The van der Waals surface area contributed by atoms with Gasteiger partial charge in [0.25, 0.3) is 5.91 Å².